The van der Waals surface area contributed by atoms with Gasteiger partial charge in [-0.25, -0.2) is 0 Å². The van der Waals surface area contributed by atoms with Crippen molar-refractivity contribution in [1.29, 1.82) is 0 Å². The lowest BCUT2D eigenvalue weighted by Gasteiger charge is -2.63. The van der Waals surface area contributed by atoms with E-state index in [0.717, 1.165) is 50.5 Å². The molecule has 12 atom stereocenters. The molecule has 0 heterocycles. The molecular formula is C34H52N2O5. The lowest BCUT2D eigenvalue weighted by atomic mass is 9.43. The van der Waals surface area contributed by atoms with E-state index >= 15 is 0 Å². The Morgan fingerprint density at radius 1 is 0.976 bits per heavy atom. The lowest BCUT2D eigenvalue weighted by Crippen LogP contribution is -2.62. The summed E-state index contributed by atoms with van der Waals surface area (Å²) in [6.45, 7) is 10.5. The number of amides is 2. The van der Waals surface area contributed by atoms with E-state index in [4.69, 9.17) is 0 Å². The van der Waals surface area contributed by atoms with Crippen LogP contribution in [0.2, 0.25) is 0 Å². The van der Waals surface area contributed by atoms with Crippen LogP contribution in [0.15, 0.2) is 24.3 Å². The molecule has 4 saturated carbocycles. The number of aryl methyl sites for hydroxylation is 1. The summed E-state index contributed by atoms with van der Waals surface area (Å²) in [4.78, 5) is 25.4. The Morgan fingerprint density at radius 3 is 2.39 bits per heavy atom. The summed E-state index contributed by atoms with van der Waals surface area (Å²) in [5, 5.41) is 39.3. The molecule has 1 aromatic rings. The Labute approximate surface area is 245 Å². The topological polar surface area (TPSA) is 119 Å². The predicted octanol–water partition coefficient (Wildman–Crippen LogP) is 4.82. The third-order valence-corrected chi connectivity index (χ3v) is 12.4. The molecule has 0 radical (unpaired) electrons. The fourth-order valence-corrected chi connectivity index (χ4v) is 9.96. The van der Waals surface area contributed by atoms with Crippen molar-refractivity contribution in [3.05, 3.63) is 29.8 Å². The van der Waals surface area contributed by atoms with Crippen LogP contribution in [-0.4, -0.2) is 51.5 Å². The smallest absolute Gasteiger partial charge is 0.246 e. The minimum Gasteiger partial charge on any atom is -0.393 e. The number of aliphatic hydroxyl groups is 3. The molecule has 0 aromatic heterocycles. The Bertz CT molecular complexity index is 1110. The highest BCUT2D eigenvalue weighted by Gasteiger charge is 2.65. The maximum absolute atomic E-state index is 12.8. The zero-order valence-electron chi connectivity index (χ0n) is 25.6. The number of carbonyl (C=O) groups is 2. The first-order valence-electron chi connectivity index (χ1n) is 16.1. The number of hydrogen-bond donors (Lipinski definition) is 5. The van der Waals surface area contributed by atoms with E-state index in [1.54, 1.807) is 6.92 Å². The van der Waals surface area contributed by atoms with Crippen LogP contribution < -0.4 is 10.6 Å². The standard InChI is InChI=1S/C34H52N2O5/c1-19-6-9-23(10-7-19)36-32(41)21(3)35-30(40)13-8-20(2)25-11-12-26-31-27(18-29(39)34(25,26)5)33(4)15-14-24(37)16-22(33)17-28(31)38/h6-7,9-10,20-22,24-29,31,37-39H,8,11-18H2,1-5H3,(H,35,40)(H,36,41)/t20-,21+,22+,24-,25-,26+,27+,28-,29+,31+,33+,34-/m1/s1. The van der Waals surface area contributed by atoms with E-state index in [0.29, 0.717) is 24.4 Å². The van der Waals surface area contributed by atoms with Gasteiger partial charge < -0.3 is 26.0 Å². The molecule has 5 N–H and O–H groups in total. The van der Waals surface area contributed by atoms with E-state index in [9.17, 15) is 24.9 Å². The van der Waals surface area contributed by atoms with Crippen LogP contribution in [0.5, 0.6) is 0 Å². The Hall–Kier alpha value is -1.96. The highest BCUT2D eigenvalue weighted by atomic mass is 16.3. The molecule has 0 bridgehead atoms. The number of benzene rings is 1. The van der Waals surface area contributed by atoms with Gasteiger partial charge in [0.05, 0.1) is 18.3 Å². The van der Waals surface area contributed by atoms with E-state index in [-0.39, 0.29) is 64.4 Å². The summed E-state index contributed by atoms with van der Waals surface area (Å²) in [6, 6.07) is 6.94. The number of anilines is 1. The molecular weight excluding hydrogens is 516 g/mol. The molecule has 4 aliphatic carbocycles. The second-order valence-electron chi connectivity index (χ2n) is 14.7. The van der Waals surface area contributed by atoms with Gasteiger partial charge in [0.2, 0.25) is 11.8 Å². The fraction of sp³-hybridized carbons (Fsp3) is 0.765. The molecule has 4 fully saturated rings. The van der Waals surface area contributed by atoms with Crippen molar-refractivity contribution in [3.8, 4) is 0 Å². The summed E-state index contributed by atoms with van der Waals surface area (Å²) < 4.78 is 0. The van der Waals surface area contributed by atoms with E-state index in [1.165, 1.54) is 0 Å². The molecule has 41 heavy (non-hydrogen) atoms. The van der Waals surface area contributed by atoms with Gasteiger partial charge in [-0.15, -0.1) is 0 Å². The van der Waals surface area contributed by atoms with Crippen molar-refractivity contribution in [3.63, 3.8) is 0 Å². The van der Waals surface area contributed by atoms with Gasteiger partial charge in [-0.3, -0.25) is 9.59 Å². The highest BCUT2D eigenvalue weighted by molar-refractivity contribution is 5.96. The normalized spacial score (nSPS) is 41.4. The zero-order chi connectivity index (χ0) is 29.7. The average Bonchev–Trinajstić information content (AvgIpc) is 3.28. The number of fused-ring (bicyclic) bond motifs is 5. The predicted molar refractivity (Wildman–Crippen MR) is 160 cm³/mol. The lowest BCUT2D eigenvalue weighted by molar-refractivity contribution is -0.207. The van der Waals surface area contributed by atoms with E-state index in [1.807, 2.05) is 31.2 Å². The number of aliphatic hydroxyl groups excluding tert-OH is 3. The van der Waals surface area contributed by atoms with Crippen LogP contribution >= 0.6 is 0 Å². The summed E-state index contributed by atoms with van der Waals surface area (Å²) in [5.41, 5.74) is 1.61. The molecule has 0 spiro atoms. The Balaban J connectivity index is 1.19. The third kappa shape index (κ3) is 5.59. The zero-order valence-corrected chi connectivity index (χ0v) is 25.6. The van der Waals surface area contributed by atoms with E-state index < -0.39 is 12.1 Å². The summed E-state index contributed by atoms with van der Waals surface area (Å²) in [6.07, 6.45) is 6.00. The third-order valence-electron chi connectivity index (χ3n) is 12.4. The number of nitrogens with one attached hydrogen (secondary N) is 2. The van der Waals surface area contributed by atoms with Crippen LogP contribution in [0, 0.1) is 53.3 Å². The molecule has 1 aromatic carbocycles. The van der Waals surface area contributed by atoms with E-state index in [2.05, 4.69) is 31.4 Å². The molecule has 5 rings (SSSR count). The Morgan fingerprint density at radius 2 is 1.68 bits per heavy atom. The molecule has 0 aliphatic heterocycles. The van der Waals surface area contributed by atoms with Crippen LogP contribution in [0.25, 0.3) is 0 Å². The van der Waals surface area contributed by atoms with Gasteiger partial charge in [-0.05, 0) is 124 Å². The number of rotatable bonds is 7. The van der Waals surface area contributed by atoms with Gasteiger partial charge in [-0.1, -0.05) is 38.5 Å². The van der Waals surface area contributed by atoms with Crippen molar-refractivity contribution >= 4 is 17.5 Å². The largest absolute Gasteiger partial charge is 0.393 e. The number of hydrogen-bond acceptors (Lipinski definition) is 5. The maximum Gasteiger partial charge on any atom is 0.246 e. The van der Waals surface area contributed by atoms with Crippen molar-refractivity contribution < 1.29 is 24.9 Å². The van der Waals surface area contributed by atoms with Gasteiger partial charge in [0.15, 0.2) is 0 Å². The molecule has 228 valence electrons. The van der Waals surface area contributed by atoms with Crippen molar-refractivity contribution in [1.82, 2.24) is 5.32 Å². The molecule has 0 saturated heterocycles. The first-order valence-corrected chi connectivity index (χ1v) is 16.1. The maximum atomic E-state index is 12.8. The SMILES string of the molecule is Cc1ccc(NC(=O)[C@H](C)NC(=O)CC[C@@H](C)[C@H]2CC[C@H]3[C@@H]4[C@H](O)C[C@@H]5C[C@H](O)CC[C@]5(C)[C@H]4C[C@H](O)[C@]23C)cc1. The highest BCUT2D eigenvalue weighted by Crippen LogP contribution is 2.68. The summed E-state index contributed by atoms with van der Waals surface area (Å²) in [5.74, 6) is 1.20. The van der Waals surface area contributed by atoms with Crippen LogP contribution in [0.1, 0.15) is 91.0 Å². The van der Waals surface area contributed by atoms with Gasteiger partial charge in [0.25, 0.3) is 0 Å². The minimum atomic E-state index is -0.636. The van der Waals surface area contributed by atoms with Gasteiger partial charge >= 0.3 is 0 Å². The van der Waals surface area contributed by atoms with Crippen LogP contribution in [0.4, 0.5) is 5.69 Å². The number of carbonyl (C=O) groups excluding carboxylic acids is 2. The van der Waals surface area contributed by atoms with Gasteiger partial charge in [0, 0.05) is 12.1 Å². The van der Waals surface area contributed by atoms with Crippen molar-refractivity contribution in [2.45, 2.75) is 117 Å². The molecule has 7 heteroatoms. The second kappa shape index (κ2) is 11.6. The van der Waals surface area contributed by atoms with Crippen LogP contribution in [-0.2, 0) is 9.59 Å². The Kier molecular flexibility index (Phi) is 8.64. The fourth-order valence-electron chi connectivity index (χ4n) is 9.96. The minimum absolute atomic E-state index is 0.0651. The monoisotopic (exact) mass is 568 g/mol. The molecule has 7 nitrogen and oxygen atoms in total. The average molecular weight is 569 g/mol. The quantitative estimate of drug-likeness (QED) is 0.323. The van der Waals surface area contributed by atoms with Crippen molar-refractivity contribution in [2.75, 3.05) is 5.32 Å². The summed E-state index contributed by atoms with van der Waals surface area (Å²) >= 11 is 0. The molecule has 0 unspecified atom stereocenters. The van der Waals surface area contributed by atoms with Gasteiger partial charge in [-0.2, -0.15) is 0 Å². The first-order chi connectivity index (χ1) is 19.3. The summed E-state index contributed by atoms with van der Waals surface area (Å²) in [7, 11) is 0. The van der Waals surface area contributed by atoms with Crippen LogP contribution in [0.3, 0.4) is 0 Å². The van der Waals surface area contributed by atoms with Gasteiger partial charge in [0.1, 0.15) is 6.04 Å². The van der Waals surface area contributed by atoms with Crippen molar-refractivity contribution in [2.24, 2.45) is 46.3 Å². The molecule has 2 amide bonds. The second-order valence-corrected chi connectivity index (χ2v) is 14.7. The molecule has 4 aliphatic rings. The first kappa shape index (κ1) is 30.5.